The molecule has 1 heterocycles. The van der Waals surface area contributed by atoms with E-state index >= 15 is 0 Å². The molecule has 6 N–H and O–H groups in total. The van der Waals surface area contributed by atoms with Crippen molar-refractivity contribution in [2.45, 2.75) is 85.7 Å². The van der Waals surface area contributed by atoms with Gasteiger partial charge < -0.3 is 25.9 Å². The molecule has 2 aromatic carbocycles. The molecule has 0 bridgehead atoms. The van der Waals surface area contributed by atoms with Gasteiger partial charge in [0.25, 0.3) is 0 Å². The number of aromatic nitrogens is 2. The molecule has 2 unspecified atom stereocenters. The summed E-state index contributed by atoms with van der Waals surface area (Å²) in [4.78, 5) is 20.2. The van der Waals surface area contributed by atoms with Gasteiger partial charge in [-0.3, -0.25) is 9.79 Å². The summed E-state index contributed by atoms with van der Waals surface area (Å²) >= 11 is 0. The van der Waals surface area contributed by atoms with Crippen molar-refractivity contribution in [3.8, 4) is 17.1 Å². The van der Waals surface area contributed by atoms with E-state index in [0.717, 1.165) is 42.6 Å². The number of aryl methyl sites for hydroxylation is 2. The first-order chi connectivity index (χ1) is 19.2. The van der Waals surface area contributed by atoms with Crippen LogP contribution in [0.15, 0.2) is 52.0 Å². The minimum absolute atomic E-state index is 0.0235. The largest absolute Gasteiger partial charge is 0.497 e. The molecule has 1 amide bonds. The van der Waals surface area contributed by atoms with Gasteiger partial charge in [-0.2, -0.15) is 4.98 Å². The van der Waals surface area contributed by atoms with Gasteiger partial charge in [0.15, 0.2) is 0 Å². The van der Waals surface area contributed by atoms with Crippen LogP contribution in [-0.4, -0.2) is 46.3 Å². The minimum Gasteiger partial charge on any atom is -0.497 e. The van der Waals surface area contributed by atoms with Gasteiger partial charge >= 0.3 is 0 Å². The van der Waals surface area contributed by atoms with Gasteiger partial charge in [0, 0.05) is 23.6 Å². The van der Waals surface area contributed by atoms with E-state index in [1.165, 1.54) is 0 Å². The highest BCUT2D eigenvalue weighted by Crippen LogP contribution is 2.20. The lowest BCUT2D eigenvalue weighted by Gasteiger charge is -2.17. The molecule has 0 aliphatic rings. The minimum atomic E-state index is -0.526. The summed E-state index contributed by atoms with van der Waals surface area (Å²) < 4.78 is 10.2. The molecular formula is C30H46N6O4. The third kappa shape index (κ3) is 11.2. The Morgan fingerprint density at radius 1 is 1.10 bits per heavy atom. The second-order valence-electron chi connectivity index (χ2n) is 9.12. The third-order valence-electron chi connectivity index (χ3n) is 5.80. The second kappa shape index (κ2) is 18.5. The number of nitrogens with zero attached hydrogens (tertiary/aromatic N) is 3. The second-order valence-corrected chi connectivity index (χ2v) is 9.12. The van der Waals surface area contributed by atoms with Gasteiger partial charge in [0.2, 0.25) is 17.6 Å². The van der Waals surface area contributed by atoms with E-state index in [0.29, 0.717) is 29.3 Å². The number of hydroxylamine groups is 1. The lowest BCUT2D eigenvalue weighted by atomic mass is 10.0. The van der Waals surface area contributed by atoms with Crippen LogP contribution in [0, 0.1) is 6.92 Å². The maximum atomic E-state index is 11.5. The summed E-state index contributed by atoms with van der Waals surface area (Å²) in [5, 5.41) is 13.1. The number of hydrogen-bond donors (Lipinski definition) is 4. The Labute approximate surface area is 238 Å². The summed E-state index contributed by atoms with van der Waals surface area (Å²) in [6.45, 7) is 12.0. The van der Waals surface area contributed by atoms with Crippen LogP contribution in [0.2, 0.25) is 0 Å². The Kier molecular flexibility index (Phi) is 15.9. The number of ether oxygens (including phenoxy) is 1. The number of amides is 1. The molecule has 0 aliphatic heterocycles. The van der Waals surface area contributed by atoms with E-state index in [1.54, 1.807) is 19.2 Å². The first kappa shape index (κ1) is 34.3. The third-order valence-corrected chi connectivity index (χ3v) is 5.80. The van der Waals surface area contributed by atoms with Crippen LogP contribution >= 0.6 is 0 Å². The summed E-state index contributed by atoms with van der Waals surface area (Å²) in [5.41, 5.74) is 16.6. The van der Waals surface area contributed by atoms with E-state index in [9.17, 15) is 4.79 Å². The molecule has 0 fully saturated rings. The van der Waals surface area contributed by atoms with Crippen molar-refractivity contribution in [3.05, 3.63) is 65.0 Å². The quantitative estimate of drug-likeness (QED) is 0.130. The van der Waals surface area contributed by atoms with E-state index < -0.39 is 5.91 Å². The number of nitrogens with one attached hydrogen (secondary N) is 1. The molecule has 0 saturated heterocycles. The van der Waals surface area contributed by atoms with E-state index in [1.807, 2.05) is 58.0 Å². The van der Waals surface area contributed by atoms with Gasteiger partial charge in [0.05, 0.1) is 18.7 Å². The van der Waals surface area contributed by atoms with Crippen LogP contribution in [0.4, 0.5) is 0 Å². The molecule has 0 aliphatic carbocycles. The Bertz CT molecular complexity index is 1180. The highest BCUT2D eigenvalue weighted by atomic mass is 16.5. The molecule has 40 heavy (non-hydrogen) atoms. The fourth-order valence-corrected chi connectivity index (χ4v) is 3.87. The molecule has 10 nitrogen and oxygen atoms in total. The zero-order chi connectivity index (χ0) is 30.1. The summed E-state index contributed by atoms with van der Waals surface area (Å²) in [5.74, 6) is 1.90. The molecule has 0 spiro atoms. The fraction of sp³-hybridized carbons (Fsp3) is 0.467. The van der Waals surface area contributed by atoms with Crippen LogP contribution < -0.4 is 21.7 Å². The summed E-state index contributed by atoms with van der Waals surface area (Å²) in [6.07, 6.45) is 4.30. The average molecular weight is 555 g/mol. The van der Waals surface area contributed by atoms with Gasteiger partial charge in [-0.05, 0) is 69.5 Å². The number of carbonyl (C=O) groups excluding carboxylic acids is 1. The van der Waals surface area contributed by atoms with Crippen molar-refractivity contribution in [1.82, 2.24) is 15.6 Å². The Morgan fingerprint density at radius 3 is 2.33 bits per heavy atom. The normalized spacial score (nSPS) is 12.3. The highest BCUT2D eigenvalue weighted by molar-refractivity contribution is 6.08. The SMILES string of the molecule is CC.CCCC(CC(C)N=C(N)c1cc(C)ccc1C(N)=O)NO.CCCc1nc(-c2ccc(OC)cc2)no1. The monoisotopic (exact) mass is 554 g/mol. The molecule has 10 heteroatoms. The van der Waals surface area contributed by atoms with E-state index in [2.05, 4.69) is 34.5 Å². The smallest absolute Gasteiger partial charge is 0.249 e. The number of aliphatic imine (C=N–C) groups is 1. The van der Waals surface area contributed by atoms with Gasteiger partial charge in [0.1, 0.15) is 11.6 Å². The number of primary amides is 1. The van der Waals surface area contributed by atoms with Gasteiger partial charge in [-0.25, -0.2) is 5.48 Å². The first-order valence-corrected chi connectivity index (χ1v) is 13.8. The van der Waals surface area contributed by atoms with Crippen molar-refractivity contribution in [1.29, 1.82) is 0 Å². The van der Waals surface area contributed by atoms with Crippen LogP contribution in [0.1, 0.15) is 87.7 Å². The van der Waals surface area contributed by atoms with Crippen molar-refractivity contribution in [3.63, 3.8) is 0 Å². The van der Waals surface area contributed by atoms with Crippen LogP contribution in [0.25, 0.3) is 11.4 Å². The summed E-state index contributed by atoms with van der Waals surface area (Å²) in [7, 11) is 1.64. The first-order valence-electron chi connectivity index (χ1n) is 13.8. The van der Waals surface area contributed by atoms with Crippen molar-refractivity contribution in [2.75, 3.05) is 7.11 Å². The molecule has 3 rings (SSSR count). The standard InChI is InChI=1S/C16H26N4O2.C12H14N2O2.C2H6/c1-4-5-12(20-22)9-11(3)19-15(17)14-8-10(2)6-7-13(14)16(18)21;1-3-4-11-13-12(14-16-11)9-5-7-10(15-2)8-6-9;1-2/h6-8,11-12,20,22H,4-5,9H2,1-3H3,(H2,17,19)(H2,18,21);5-8H,3-4H2,1-2H3;1-2H3. The molecular weight excluding hydrogens is 508 g/mol. The molecule has 1 aromatic heterocycles. The number of carbonyl (C=O) groups is 1. The van der Waals surface area contributed by atoms with Crippen LogP contribution in [0.5, 0.6) is 5.75 Å². The van der Waals surface area contributed by atoms with Gasteiger partial charge in [-0.1, -0.05) is 50.9 Å². The zero-order valence-corrected chi connectivity index (χ0v) is 24.9. The van der Waals surface area contributed by atoms with Gasteiger partial charge in [-0.15, -0.1) is 0 Å². The number of hydrogen-bond acceptors (Lipinski definition) is 8. The lowest BCUT2D eigenvalue weighted by molar-refractivity contribution is 0.1000. The molecule has 0 saturated carbocycles. The molecule has 3 aromatic rings. The maximum absolute atomic E-state index is 11.5. The number of nitrogens with two attached hydrogens (primary N) is 2. The Balaban J connectivity index is 0.000000391. The molecule has 2 atom stereocenters. The Hall–Kier alpha value is -3.76. The fourth-order valence-electron chi connectivity index (χ4n) is 3.87. The highest BCUT2D eigenvalue weighted by Gasteiger charge is 2.15. The average Bonchev–Trinajstić information content (AvgIpc) is 3.43. The lowest BCUT2D eigenvalue weighted by Crippen LogP contribution is -2.30. The van der Waals surface area contributed by atoms with E-state index in [4.69, 9.17) is 25.9 Å². The van der Waals surface area contributed by atoms with Crippen molar-refractivity contribution < 1.29 is 19.3 Å². The van der Waals surface area contributed by atoms with E-state index in [-0.39, 0.29) is 17.9 Å². The number of amidine groups is 1. The Morgan fingerprint density at radius 2 is 1.77 bits per heavy atom. The predicted octanol–water partition coefficient (Wildman–Crippen LogP) is 5.45. The maximum Gasteiger partial charge on any atom is 0.249 e. The number of rotatable bonds is 12. The summed E-state index contributed by atoms with van der Waals surface area (Å²) in [6, 6.07) is 12.8. The van der Waals surface area contributed by atoms with Crippen molar-refractivity contribution in [2.24, 2.45) is 16.5 Å². The van der Waals surface area contributed by atoms with Crippen LogP contribution in [-0.2, 0) is 6.42 Å². The van der Waals surface area contributed by atoms with Crippen LogP contribution in [0.3, 0.4) is 0 Å². The van der Waals surface area contributed by atoms with Crippen molar-refractivity contribution >= 4 is 11.7 Å². The number of methoxy groups -OCH3 is 1. The topological polar surface area (TPSA) is 162 Å². The zero-order valence-electron chi connectivity index (χ0n) is 24.9. The molecule has 0 radical (unpaired) electrons. The predicted molar refractivity (Wildman–Crippen MR) is 160 cm³/mol. The number of benzene rings is 2. The molecule has 220 valence electrons.